The monoisotopic (exact) mass is 581 g/mol. The maximum absolute atomic E-state index is 13.4. The van der Waals surface area contributed by atoms with Gasteiger partial charge in [0.05, 0.1) is 25.1 Å². The van der Waals surface area contributed by atoms with Gasteiger partial charge < -0.3 is 14.8 Å². The Morgan fingerprint density at radius 1 is 0.860 bits per heavy atom. The van der Waals surface area contributed by atoms with Crippen molar-refractivity contribution in [1.29, 1.82) is 0 Å². The maximum Gasteiger partial charge on any atom is 0.270 e. The van der Waals surface area contributed by atoms with E-state index >= 15 is 0 Å². The molecule has 6 nitrogen and oxygen atoms in total. The van der Waals surface area contributed by atoms with Gasteiger partial charge in [-0.1, -0.05) is 84.0 Å². The van der Waals surface area contributed by atoms with E-state index in [1.165, 1.54) is 11.1 Å². The lowest BCUT2D eigenvalue weighted by molar-refractivity contribution is 0.0944. The molecule has 3 aromatic carbocycles. The second-order valence-electron chi connectivity index (χ2n) is 12.4. The summed E-state index contributed by atoms with van der Waals surface area (Å²) in [5.74, 6) is 1.55. The van der Waals surface area contributed by atoms with Crippen molar-refractivity contribution in [1.82, 2.24) is 15.1 Å². The van der Waals surface area contributed by atoms with Crippen LogP contribution in [0.2, 0.25) is 0 Å². The molecule has 1 amide bonds. The van der Waals surface area contributed by atoms with E-state index in [9.17, 15) is 4.79 Å². The van der Waals surface area contributed by atoms with Crippen molar-refractivity contribution in [3.63, 3.8) is 0 Å². The van der Waals surface area contributed by atoms with Gasteiger partial charge in [-0.2, -0.15) is 5.10 Å². The van der Waals surface area contributed by atoms with Gasteiger partial charge in [0.25, 0.3) is 5.91 Å². The first-order valence-electron chi connectivity index (χ1n) is 15.5. The highest BCUT2D eigenvalue weighted by Gasteiger charge is 2.26. The second kappa shape index (κ2) is 13.9. The third-order valence-corrected chi connectivity index (χ3v) is 8.70. The number of rotatable bonds is 14. The highest BCUT2D eigenvalue weighted by atomic mass is 16.5. The zero-order chi connectivity index (χ0) is 31.0. The van der Waals surface area contributed by atoms with Crippen LogP contribution in [0.3, 0.4) is 0 Å². The fraction of sp³-hybridized carbons (Fsp3) is 0.405. The van der Waals surface area contributed by atoms with Crippen LogP contribution >= 0.6 is 0 Å². The maximum atomic E-state index is 13.4. The van der Waals surface area contributed by atoms with Crippen LogP contribution in [0.25, 0.3) is 16.9 Å². The quantitative estimate of drug-likeness (QED) is 0.152. The van der Waals surface area contributed by atoms with Gasteiger partial charge >= 0.3 is 0 Å². The van der Waals surface area contributed by atoms with Crippen LogP contribution in [0.15, 0.2) is 78.9 Å². The minimum absolute atomic E-state index is 0.0224. The summed E-state index contributed by atoms with van der Waals surface area (Å²) in [6, 6.07) is 26.0. The summed E-state index contributed by atoms with van der Waals surface area (Å²) in [5.41, 5.74) is 5.75. The Hall–Kier alpha value is -4.06. The Morgan fingerprint density at radius 2 is 1.56 bits per heavy atom. The van der Waals surface area contributed by atoms with Crippen LogP contribution in [0.5, 0.6) is 11.5 Å². The molecule has 6 heteroatoms. The largest absolute Gasteiger partial charge is 0.497 e. The van der Waals surface area contributed by atoms with E-state index in [1.54, 1.807) is 11.8 Å². The lowest BCUT2D eigenvalue weighted by atomic mass is 9.76. The van der Waals surface area contributed by atoms with Gasteiger partial charge in [0.15, 0.2) is 0 Å². The molecule has 0 saturated carbocycles. The van der Waals surface area contributed by atoms with Crippen molar-refractivity contribution in [2.45, 2.75) is 78.1 Å². The molecule has 4 aromatic rings. The Balaban J connectivity index is 1.39. The first-order valence-corrected chi connectivity index (χ1v) is 15.5. The zero-order valence-electron chi connectivity index (χ0n) is 26.9. The molecule has 0 aliphatic carbocycles. The topological polar surface area (TPSA) is 65.4 Å². The predicted molar refractivity (Wildman–Crippen MR) is 176 cm³/mol. The minimum Gasteiger partial charge on any atom is -0.497 e. The van der Waals surface area contributed by atoms with Gasteiger partial charge in [-0.25, -0.2) is 4.68 Å². The standard InChI is InChI=1S/C37H47N3O3/c1-8-36(3,4)28-17-22-34(31(25-28)37(5,6)9-2)43-24-14-13-23-38-35(41)33-26-32(27-15-11-10-12-16-27)39-40(33)29-18-20-30(42-7)21-19-29/h10-12,15-22,25-26H,8-9,13-14,23-24H2,1-7H3,(H,38,41). The van der Waals surface area contributed by atoms with Gasteiger partial charge in [-0.05, 0) is 78.5 Å². The smallest absolute Gasteiger partial charge is 0.270 e. The number of nitrogens with zero attached hydrogens (tertiary/aromatic N) is 2. The van der Waals surface area contributed by atoms with E-state index in [0.29, 0.717) is 18.8 Å². The number of carbonyl (C=O) groups is 1. The number of amides is 1. The van der Waals surface area contributed by atoms with Crippen LogP contribution in [-0.4, -0.2) is 35.9 Å². The second-order valence-corrected chi connectivity index (χ2v) is 12.4. The SMILES string of the molecule is CCC(C)(C)c1ccc(OCCCCNC(=O)c2cc(-c3ccccc3)nn2-c2ccc(OC)cc2)c(C(C)(C)CC)c1. The number of hydrogen-bond donors (Lipinski definition) is 1. The molecule has 228 valence electrons. The molecule has 0 spiro atoms. The average molecular weight is 582 g/mol. The van der Waals surface area contributed by atoms with Crippen LogP contribution < -0.4 is 14.8 Å². The van der Waals surface area contributed by atoms with E-state index < -0.39 is 0 Å². The highest BCUT2D eigenvalue weighted by molar-refractivity contribution is 5.94. The minimum atomic E-state index is -0.160. The summed E-state index contributed by atoms with van der Waals surface area (Å²) in [7, 11) is 1.63. The fourth-order valence-electron chi connectivity index (χ4n) is 4.92. The van der Waals surface area contributed by atoms with E-state index in [-0.39, 0.29) is 16.7 Å². The first-order chi connectivity index (χ1) is 20.6. The van der Waals surface area contributed by atoms with Gasteiger partial charge in [-0.3, -0.25) is 4.79 Å². The first kappa shape index (κ1) is 31.9. The summed E-state index contributed by atoms with van der Waals surface area (Å²) >= 11 is 0. The van der Waals surface area contributed by atoms with Crippen molar-refractivity contribution in [3.8, 4) is 28.4 Å². The lowest BCUT2D eigenvalue weighted by Crippen LogP contribution is -2.27. The van der Waals surface area contributed by atoms with Gasteiger partial charge in [0.2, 0.25) is 0 Å². The molecule has 0 radical (unpaired) electrons. The number of aromatic nitrogens is 2. The zero-order valence-corrected chi connectivity index (χ0v) is 26.9. The Morgan fingerprint density at radius 3 is 2.21 bits per heavy atom. The summed E-state index contributed by atoms with van der Waals surface area (Å²) in [6.07, 6.45) is 3.76. The van der Waals surface area contributed by atoms with E-state index in [4.69, 9.17) is 14.6 Å². The molecular weight excluding hydrogens is 534 g/mol. The number of ether oxygens (including phenoxy) is 2. The van der Waals surface area contributed by atoms with Crippen LogP contribution in [0, 0.1) is 0 Å². The highest BCUT2D eigenvalue weighted by Crippen LogP contribution is 2.38. The molecular formula is C37H47N3O3. The van der Waals surface area contributed by atoms with Crippen LogP contribution in [0.4, 0.5) is 0 Å². The molecule has 0 fully saturated rings. The van der Waals surface area contributed by atoms with Crippen LogP contribution in [-0.2, 0) is 10.8 Å². The van der Waals surface area contributed by atoms with Crippen LogP contribution in [0.1, 0.15) is 88.8 Å². The van der Waals surface area contributed by atoms with E-state index in [0.717, 1.165) is 54.1 Å². The molecule has 1 heterocycles. The molecule has 0 atom stereocenters. The number of methoxy groups -OCH3 is 1. The predicted octanol–water partition coefficient (Wildman–Crippen LogP) is 8.51. The molecule has 0 unspecified atom stereocenters. The van der Waals surface area contributed by atoms with Gasteiger partial charge in [0, 0.05) is 17.7 Å². The molecule has 0 bridgehead atoms. The van der Waals surface area contributed by atoms with Crippen molar-refractivity contribution < 1.29 is 14.3 Å². The molecule has 0 aliphatic rings. The third kappa shape index (κ3) is 7.67. The van der Waals surface area contributed by atoms with E-state index in [1.807, 2.05) is 60.7 Å². The molecule has 1 aromatic heterocycles. The number of carbonyl (C=O) groups excluding carboxylic acids is 1. The number of benzene rings is 3. The van der Waals surface area contributed by atoms with Crippen molar-refractivity contribution >= 4 is 5.91 Å². The summed E-state index contributed by atoms with van der Waals surface area (Å²) in [6.45, 7) is 14.8. The molecule has 0 aliphatic heterocycles. The average Bonchev–Trinajstić information content (AvgIpc) is 3.49. The Kier molecular flexibility index (Phi) is 10.3. The summed E-state index contributed by atoms with van der Waals surface area (Å²) < 4.78 is 13.3. The molecule has 0 saturated heterocycles. The Labute approximate surface area is 257 Å². The number of nitrogens with one attached hydrogen (secondary N) is 1. The summed E-state index contributed by atoms with van der Waals surface area (Å²) in [4.78, 5) is 13.4. The van der Waals surface area contributed by atoms with E-state index in [2.05, 4.69) is 65.1 Å². The molecule has 4 rings (SSSR count). The van der Waals surface area contributed by atoms with Crippen molar-refractivity contribution in [3.05, 3.63) is 95.7 Å². The van der Waals surface area contributed by atoms with Gasteiger partial charge in [0.1, 0.15) is 17.2 Å². The fourth-order valence-corrected chi connectivity index (χ4v) is 4.92. The van der Waals surface area contributed by atoms with Crippen molar-refractivity contribution in [2.24, 2.45) is 0 Å². The van der Waals surface area contributed by atoms with Gasteiger partial charge in [-0.15, -0.1) is 0 Å². The lowest BCUT2D eigenvalue weighted by Gasteiger charge is -2.30. The molecule has 43 heavy (non-hydrogen) atoms. The third-order valence-electron chi connectivity index (χ3n) is 8.70. The number of unbranched alkanes of at least 4 members (excludes halogenated alkanes) is 1. The van der Waals surface area contributed by atoms with Crippen molar-refractivity contribution in [2.75, 3.05) is 20.3 Å². The number of hydrogen-bond acceptors (Lipinski definition) is 4. The normalized spacial score (nSPS) is 11.8. The molecule has 1 N–H and O–H groups in total. The summed E-state index contributed by atoms with van der Waals surface area (Å²) in [5, 5.41) is 7.87. The Bertz CT molecular complexity index is 1490.